The normalized spacial score (nSPS) is 13.9. The molecule has 0 saturated carbocycles. The van der Waals surface area contributed by atoms with Gasteiger partial charge in [-0.3, -0.25) is 0 Å². The highest BCUT2D eigenvalue weighted by molar-refractivity contribution is 5.57. The minimum atomic E-state index is -0.961. The molecule has 1 heterocycles. The van der Waals surface area contributed by atoms with Gasteiger partial charge >= 0.3 is 0 Å². The highest BCUT2D eigenvalue weighted by Gasteiger charge is 2.33. The predicted molar refractivity (Wildman–Crippen MR) is 89.7 cm³/mol. The third kappa shape index (κ3) is 3.37. The molecule has 128 valence electrons. The van der Waals surface area contributed by atoms with Gasteiger partial charge in [-0.15, -0.1) is 0 Å². The summed E-state index contributed by atoms with van der Waals surface area (Å²) < 4.78 is 28.5. The number of allylic oxidation sites excluding steroid dienone is 4. The molecule has 1 aliphatic rings. The maximum Gasteiger partial charge on any atom is 0.146 e. The Bertz CT molecular complexity index is 854. The lowest BCUT2D eigenvalue weighted by atomic mass is 9.80. The van der Waals surface area contributed by atoms with Gasteiger partial charge in [-0.25, -0.2) is 8.78 Å². The van der Waals surface area contributed by atoms with Gasteiger partial charge in [0.2, 0.25) is 0 Å². The SMILES string of the molecule is CC.CC1=C(C#N)C(c2cc(C#N)c(F)c(C)c2F)C(C#N)=C(C)N1. The first kappa shape index (κ1) is 19.9. The molecule has 0 aliphatic carbocycles. The zero-order valence-electron chi connectivity index (χ0n) is 14.8. The molecule has 1 aromatic carbocycles. The van der Waals surface area contributed by atoms with Crippen LogP contribution < -0.4 is 5.32 Å². The second kappa shape index (κ2) is 8.08. The van der Waals surface area contributed by atoms with Crippen LogP contribution in [0.25, 0.3) is 0 Å². The molecule has 0 aromatic heterocycles. The summed E-state index contributed by atoms with van der Waals surface area (Å²) in [7, 11) is 0. The molecular weight excluding hydrogens is 322 g/mol. The van der Waals surface area contributed by atoms with Crippen LogP contribution in [-0.2, 0) is 0 Å². The van der Waals surface area contributed by atoms with Gasteiger partial charge in [-0.05, 0) is 26.8 Å². The summed E-state index contributed by atoms with van der Waals surface area (Å²) in [4.78, 5) is 0. The van der Waals surface area contributed by atoms with Gasteiger partial charge in [-0.2, -0.15) is 15.8 Å². The molecule has 0 amide bonds. The minimum absolute atomic E-state index is 0.0475. The van der Waals surface area contributed by atoms with E-state index in [1.165, 1.54) is 6.92 Å². The zero-order valence-corrected chi connectivity index (χ0v) is 14.8. The quantitative estimate of drug-likeness (QED) is 0.818. The number of hydrogen-bond acceptors (Lipinski definition) is 4. The first-order valence-corrected chi connectivity index (χ1v) is 7.74. The lowest BCUT2D eigenvalue weighted by Gasteiger charge is -2.27. The molecule has 0 atom stereocenters. The summed E-state index contributed by atoms with van der Waals surface area (Å²) in [6, 6.07) is 6.70. The number of benzene rings is 1. The van der Waals surface area contributed by atoms with E-state index < -0.39 is 17.6 Å². The molecule has 0 fully saturated rings. The summed E-state index contributed by atoms with van der Waals surface area (Å²) in [5.74, 6) is -2.74. The van der Waals surface area contributed by atoms with Crippen molar-refractivity contribution in [2.24, 2.45) is 0 Å². The van der Waals surface area contributed by atoms with Crippen molar-refractivity contribution in [3.8, 4) is 18.2 Å². The Balaban J connectivity index is 0.00000151. The van der Waals surface area contributed by atoms with Crippen LogP contribution >= 0.6 is 0 Å². The fourth-order valence-electron chi connectivity index (χ4n) is 2.69. The van der Waals surface area contributed by atoms with Gasteiger partial charge in [0.05, 0.1) is 34.8 Å². The van der Waals surface area contributed by atoms with Crippen LogP contribution in [0.4, 0.5) is 8.78 Å². The Morgan fingerprint density at radius 1 is 0.880 bits per heavy atom. The molecule has 1 aromatic rings. The number of nitrogens with zero attached hydrogens (tertiary/aromatic N) is 3. The van der Waals surface area contributed by atoms with Crippen LogP contribution in [0.3, 0.4) is 0 Å². The molecule has 2 rings (SSSR count). The number of halogens is 2. The van der Waals surface area contributed by atoms with E-state index in [9.17, 15) is 19.3 Å². The predicted octanol–water partition coefficient (Wildman–Crippen LogP) is 4.45. The largest absolute Gasteiger partial charge is 0.361 e. The summed E-state index contributed by atoms with van der Waals surface area (Å²) in [5.41, 5.74) is 0.656. The topological polar surface area (TPSA) is 83.4 Å². The number of hydrogen-bond donors (Lipinski definition) is 1. The average Bonchev–Trinajstić information content (AvgIpc) is 2.61. The van der Waals surface area contributed by atoms with Crippen molar-refractivity contribution in [2.45, 2.75) is 40.5 Å². The van der Waals surface area contributed by atoms with Crippen molar-refractivity contribution in [1.29, 1.82) is 15.8 Å². The Hall–Kier alpha value is -3.17. The highest BCUT2D eigenvalue weighted by Crippen LogP contribution is 2.39. The van der Waals surface area contributed by atoms with E-state index in [1.807, 2.05) is 26.0 Å². The van der Waals surface area contributed by atoms with E-state index >= 15 is 0 Å². The number of nitriles is 3. The van der Waals surface area contributed by atoms with Gasteiger partial charge in [0, 0.05) is 22.5 Å². The van der Waals surface area contributed by atoms with Crippen LogP contribution in [0.5, 0.6) is 0 Å². The summed E-state index contributed by atoms with van der Waals surface area (Å²) >= 11 is 0. The summed E-state index contributed by atoms with van der Waals surface area (Å²) in [6.07, 6.45) is 0. The second-order valence-electron chi connectivity index (χ2n) is 5.24. The second-order valence-corrected chi connectivity index (χ2v) is 5.24. The maximum atomic E-state index is 14.6. The monoisotopic (exact) mass is 340 g/mol. The van der Waals surface area contributed by atoms with Crippen LogP contribution in [-0.4, -0.2) is 0 Å². The molecule has 0 unspecified atom stereocenters. The fourth-order valence-corrected chi connectivity index (χ4v) is 2.69. The molecule has 1 aliphatic heterocycles. The van der Waals surface area contributed by atoms with E-state index in [0.717, 1.165) is 6.07 Å². The standard InChI is InChI=1S/C17H12F2N4.C2H6/c1-8-16(18)11(5-20)4-12(17(8)19)15-13(6-21)9(2)23-10(3)14(15)7-22;1-2/h4,15,23H,1-3H3;1-2H3. The molecule has 25 heavy (non-hydrogen) atoms. The van der Waals surface area contributed by atoms with Crippen molar-refractivity contribution in [3.63, 3.8) is 0 Å². The van der Waals surface area contributed by atoms with E-state index in [1.54, 1.807) is 19.9 Å². The van der Waals surface area contributed by atoms with Crippen LogP contribution in [0.2, 0.25) is 0 Å². The smallest absolute Gasteiger partial charge is 0.146 e. The Morgan fingerprint density at radius 2 is 1.36 bits per heavy atom. The Morgan fingerprint density at radius 3 is 1.76 bits per heavy atom. The maximum absolute atomic E-state index is 14.6. The molecule has 0 bridgehead atoms. The fraction of sp³-hybridized carbons (Fsp3) is 0.316. The van der Waals surface area contributed by atoms with Gasteiger partial charge in [0.15, 0.2) is 0 Å². The van der Waals surface area contributed by atoms with E-state index in [0.29, 0.717) is 11.4 Å². The molecule has 4 nitrogen and oxygen atoms in total. The third-order valence-corrected chi connectivity index (χ3v) is 3.88. The van der Waals surface area contributed by atoms with E-state index in [4.69, 9.17) is 5.26 Å². The Kier molecular flexibility index (Phi) is 6.43. The van der Waals surface area contributed by atoms with Crippen molar-refractivity contribution < 1.29 is 8.78 Å². The molecule has 0 saturated heterocycles. The van der Waals surface area contributed by atoms with Crippen LogP contribution in [0.1, 0.15) is 50.3 Å². The summed E-state index contributed by atoms with van der Waals surface area (Å²) in [5, 5.41) is 30.7. The van der Waals surface area contributed by atoms with E-state index in [-0.39, 0.29) is 27.8 Å². The van der Waals surface area contributed by atoms with Gasteiger partial charge in [0.25, 0.3) is 0 Å². The molecule has 0 spiro atoms. The van der Waals surface area contributed by atoms with Crippen molar-refractivity contribution >= 4 is 0 Å². The van der Waals surface area contributed by atoms with Gasteiger partial charge in [0.1, 0.15) is 17.7 Å². The number of dihydropyridines is 1. The minimum Gasteiger partial charge on any atom is -0.361 e. The Labute approximate surface area is 146 Å². The van der Waals surface area contributed by atoms with Gasteiger partial charge in [-0.1, -0.05) is 13.8 Å². The molecule has 6 heteroatoms. The highest BCUT2D eigenvalue weighted by atomic mass is 19.1. The first-order valence-electron chi connectivity index (χ1n) is 7.74. The van der Waals surface area contributed by atoms with Crippen LogP contribution in [0.15, 0.2) is 28.6 Å². The molecule has 0 radical (unpaired) electrons. The number of nitrogens with one attached hydrogen (secondary N) is 1. The van der Waals surface area contributed by atoms with Crippen molar-refractivity contribution in [2.75, 3.05) is 0 Å². The lowest BCUT2D eigenvalue weighted by molar-refractivity contribution is 0.552. The number of rotatable bonds is 1. The third-order valence-electron chi connectivity index (χ3n) is 3.88. The van der Waals surface area contributed by atoms with Crippen molar-refractivity contribution in [1.82, 2.24) is 5.32 Å². The van der Waals surface area contributed by atoms with E-state index in [2.05, 4.69) is 5.32 Å². The average molecular weight is 340 g/mol. The lowest BCUT2D eigenvalue weighted by Crippen LogP contribution is -2.24. The van der Waals surface area contributed by atoms with Crippen LogP contribution in [0, 0.1) is 52.6 Å². The molecule has 1 N–H and O–H groups in total. The van der Waals surface area contributed by atoms with Crippen molar-refractivity contribution in [3.05, 3.63) is 56.9 Å². The summed E-state index contributed by atoms with van der Waals surface area (Å²) in [6.45, 7) is 8.51. The van der Waals surface area contributed by atoms with Gasteiger partial charge < -0.3 is 5.32 Å². The first-order chi connectivity index (χ1) is 11.9. The molecular formula is C19H18F2N4. The zero-order chi connectivity index (χ0) is 19.3.